The molecule has 1 N–H and O–H groups in total. The Morgan fingerprint density at radius 2 is 2.31 bits per heavy atom. The van der Waals surface area contributed by atoms with Gasteiger partial charge in [-0.15, -0.1) is 0 Å². The fourth-order valence-electron chi connectivity index (χ4n) is 1.21. The third-order valence-corrected chi connectivity index (χ3v) is 2.09. The highest BCUT2D eigenvalue weighted by molar-refractivity contribution is 5.62. The van der Waals surface area contributed by atoms with Crippen LogP contribution in [0, 0.1) is 0 Å². The van der Waals surface area contributed by atoms with E-state index in [1.807, 2.05) is 0 Å². The Morgan fingerprint density at radius 3 is 2.85 bits per heavy atom. The Labute approximate surface area is 80.3 Å². The van der Waals surface area contributed by atoms with E-state index in [9.17, 15) is 0 Å². The zero-order valence-electron chi connectivity index (χ0n) is 8.67. The summed E-state index contributed by atoms with van der Waals surface area (Å²) in [5, 5.41) is 3.20. The van der Waals surface area contributed by atoms with Gasteiger partial charge in [0.1, 0.15) is 0 Å². The molecule has 2 nitrogen and oxygen atoms in total. The zero-order chi connectivity index (χ0) is 9.68. The summed E-state index contributed by atoms with van der Waals surface area (Å²) >= 11 is 0. The number of hydrogen-bond donors (Lipinski definition) is 1. The number of nitrogens with zero attached hydrogens (tertiary/aromatic N) is 1. The second kappa shape index (κ2) is 4.75. The molecule has 0 bridgehead atoms. The second-order valence-corrected chi connectivity index (χ2v) is 3.12. The Hall–Kier alpha value is -1.18. The molecule has 0 radical (unpaired) electrons. The van der Waals surface area contributed by atoms with E-state index < -0.39 is 0 Å². The molecule has 1 aromatic heterocycles. The molecule has 0 fully saturated rings. The largest absolute Gasteiger partial charge is 0.391 e. The van der Waals surface area contributed by atoms with Gasteiger partial charge in [-0.05, 0) is 38.0 Å². The van der Waals surface area contributed by atoms with Crippen molar-refractivity contribution in [1.29, 1.82) is 0 Å². The zero-order valence-corrected chi connectivity index (χ0v) is 8.67. The van der Waals surface area contributed by atoms with Gasteiger partial charge in [0.2, 0.25) is 0 Å². The molecular formula is C11H18N2. The maximum absolute atomic E-state index is 3.20. The standard InChI is InChI=1S/C11H18N2/c1-4-12-8-10(3)11-6-7-13(5-2)9-11/h6-9,12H,4-5H2,1-3H3/b10-8+. The molecule has 2 heteroatoms. The van der Waals surface area contributed by atoms with Gasteiger partial charge in [-0.25, -0.2) is 0 Å². The normalized spacial score (nSPS) is 11.8. The van der Waals surface area contributed by atoms with Crippen LogP contribution in [0.5, 0.6) is 0 Å². The lowest BCUT2D eigenvalue weighted by Crippen LogP contribution is -2.02. The maximum Gasteiger partial charge on any atom is 0.0191 e. The number of allylic oxidation sites excluding steroid dienone is 1. The molecule has 13 heavy (non-hydrogen) atoms. The predicted octanol–water partition coefficient (Wildman–Crippen LogP) is 2.48. The van der Waals surface area contributed by atoms with Crippen LogP contribution in [0.15, 0.2) is 24.7 Å². The summed E-state index contributed by atoms with van der Waals surface area (Å²) in [6.07, 6.45) is 6.34. The van der Waals surface area contributed by atoms with Crippen molar-refractivity contribution in [3.63, 3.8) is 0 Å². The fourth-order valence-corrected chi connectivity index (χ4v) is 1.21. The van der Waals surface area contributed by atoms with Crippen LogP contribution in [-0.4, -0.2) is 11.1 Å². The van der Waals surface area contributed by atoms with Gasteiger partial charge >= 0.3 is 0 Å². The van der Waals surface area contributed by atoms with Gasteiger partial charge < -0.3 is 9.88 Å². The third kappa shape index (κ3) is 2.65. The average molecular weight is 178 g/mol. The molecule has 0 saturated carbocycles. The first-order valence-electron chi connectivity index (χ1n) is 4.84. The summed E-state index contributed by atoms with van der Waals surface area (Å²) in [6.45, 7) is 8.38. The molecule has 0 amide bonds. The quantitative estimate of drug-likeness (QED) is 0.749. The average Bonchev–Trinajstić information content (AvgIpc) is 2.62. The lowest BCUT2D eigenvalue weighted by molar-refractivity contribution is 0.768. The van der Waals surface area contributed by atoms with Crippen LogP contribution in [0.2, 0.25) is 0 Å². The van der Waals surface area contributed by atoms with Crippen molar-refractivity contribution in [1.82, 2.24) is 9.88 Å². The molecule has 0 atom stereocenters. The van der Waals surface area contributed by atoms with E-state index in [-0.39, 0.29) is 0 Å². The second-order valence-electron chi connectivity index (χ2n) is 3.12. The predicted molar refractivity (Wildman–Crippen MR) is 57.4 cm³/mol. The molecule has 0 aliphatic carbocycles. The van der Waals surface area contributed by atoms with Gasteiger partial charge in [0, 0.05) is 31.7 Å². The first kappa shape index (κ1) is 9.90. The number of hydrogen-bond acceptors (Lipinski definition) is 1. The Kier molecular flexibility index (Phi) is 3.62. The minimum Gasteiger partial charge on any atom is -0.391 e. The number of rotatable bonds is 4. The molecule has 0 aliphatic rings. The van der Waals surface area contributed by atoms with Crippen molar-refractivity contribution >= 4 is 5.57 Å². The summed E-state index contributed by atoms with van der Waals surface area (Å²) in [5.74, 6) is 0. The van der Waals surface area contributed by atoms with Gasteiger partial charge in [0.15, 0.2) is 0 Å². The van der Waals surface area contributed by atoms with Crippen LogP contribution in [0.3, 0.4) is 0 Å². The number of aromatic nitrogens is 1. The van der Waals surface area contributed by atoms with Gasteiger partial charge in [-0.1, -0.05) is 0 Å². The van der Waals surface area contributed by atoms with E-state index in [0.29, 0.717) is 0 Å². The van der Waals surface area contributed by atoms with Gasteiger partial charge in [0.25, 0.3) is 0 Å². The monoisotopic (exact) mass is 178 g/mol. The highest BCUT2D eigenvalue weighted by Gasteiger charge is 1.96. The lowest BCUT2D eigenvalue weighted by atomic mass is 10.2. The minimum atomic E-state index is 0.978. The molecule has 0 aliphatic heterocycles. The smallest absolute Gasteiger partial charge is 0.0191 e. The Bertz CT molecular complexity index is 284. The first-order chi connectivity index (χ1) is 6.27. The van der Waals surface area contributed by atoms with Crippen molar-refractivity contribution in [2.75, 3.05) is 6.54 Å². The van der Waals surface area contributed by atoms with E-state index in [1.54, 1.807) is 0 Å². The maximum atomic E-state index is 3.20. The fraction of sp³-hybridized carbons (Fsp3) is 0.455. The highest BCUT2D eigenvalue weighted by Crippen LogP contribution is 2.12. The highest BCUT2D eigenvalue weighted by atomic mass is 14.9. The van der Waals surface area contributed by atoms with Crippen molar-refractivity contribution in [2.24, 2.45) is 0 Å². The van der Waals surface area contributed by atoms with Crippen molar-refractivity contribution in [3.05, 3.63) is 30.2 Å². The molecule has 0 spiro atoms. The molecule has 72 valence electrons. The SMILES string of the molecule is CCN/C=C(\C)c1ccn(CC)c1. The van der Waals surface area contributed by atoms with Crippen LogP contribution in [0.4, 0.5) is 0 Å². The van der Waals surface area contributed by atoms with E-state index in [2.05, 4.69) is 55.3 Å². The van der Waals surface area contributed by atoms with E-state index in [0.717, 1.165) is 13.1 Å². The van der Waals surface area contributed by atoms with Crippen LogP contribution in [-0.2, 0) is 6.54 Å². The first-order valence-corrected chi connectivity index (χ1v) is 4.84. The third-order valence-electron chi connectivity index (χ3n) is 2.09. The Balaban J connectivity index is 2.70. The topological polar surface area (TPSA) is 17.0 Å². The van der Waals surface area contributed by atoms with E-state index in [4.69, 9.17) is 0 Å². The van der Waals surface area contributed by atoms with Crippen LogP contribution >= 0.6 is 0 Å². The molecule has 1 aromatic rings. The number of aryl methyl sites for hydroxylation is 1. The van der Waals surface area contributed by atoms with Crippen molar-refractivity contribution in [3.8, 4) is 0 Å². The van der Waals surface area contributed by atoms with Crippen LogP contribution in [0.1, 0.15) is 26.3 Å². The molecule has 1 heterocycles. The Morgan fingerprint density at radius 1 is 1.54 bits per heavy atom. The van der Waals surface area contributed by atoms with Crippen molar-refractivity contribution in [2.45, 2.75) is 27.3 Å². The molecule has 1 rings (SSSR count). The number of nitrogens with one attached hydrogen (secondary N) is 1. The molecular weight excluding hydrogens is 160 g/mol. The van der Waals surface area contributed by atoms with Gasteiger partial charge in [-0.3, -0.25) is 0 Å². The van der Waals surface area contributed by atoms with Crippen molar-refractivity contribution < 1.29 is 0 Å². The van der Waals surface area contributed by atoms with Crippen LogP contribution < -0.4 is 5.32 Å². The van der Waals surface area contributed by atoms with E-state index in [1.165, 1.54) is 11.1 Å². The van der Waals surface area contributed by atoms with Crippen LogP contribution in [0.25, 0.3) is 5.57 Å². The summed E-state index contributed by atoms with van der Waals surface area (Å²) in [5.41, 5.74) is 2.58. The summed E-state index contributed by atoms with van der Waals surface area (Å²) in [4.78, 5) is 0. The molecule has 0 saturated heterocycles. The molecule has 0 unspecified atom stereocenters. The summed E-state index contributed by atoms with van der Waals surface area (Å²) < 4.78 is 2.18. The minimum absolute atomic E-state index is 0.978. The summed E-state index contributed by atoms with van der Waals surface area (Å²) in [6, 6.07) is 2.15. The van der Waals surface area contributed by atoms with Gasteiger partial charge in [-0.2, -0.15) is 0 Å². The lowest BCUT2D eigenvalue weighted by Gasteiger charge is -1.99. The molecule has 0 aromatic carbocycles. The van der Waals surface area contributed by atoms with Gasteiger partial charge in [0.05, 0.1) is 0 Å². The summed E-state index contributed by atoms with van der Waals surface area (Å²) in [7, 11) is 0. The van der Waals surface area contributed by atoms with E-state index >= 15 is 0 Å².